The van der Waals surface area contributed by atoms with Crippen molar-refractivity contribution in [3.05, 3.63) is 66.2 Å². The third-order valence-corrected chi connectivity index (χ3v) is 4.99. The normalized spacial score (nSPS) is 12.7. The number of hydrogen-bond donors (Lipinski definition) is 1. The molecule has 2 aromatic carbocycles. The SMILES string of the molecule is COC(=O)[C@H](CCS(=O)c1ccccc1)NC(=O)OCc1ccccc1. The van der Waals surface area contributed by atoms with Crippen LogP contribution in [0.15, 0.2) is 65.6 Å². The van der Waals surface area contributed by atoms with Crippen LogP contribution in [-0.4, -0.2) is 35.2 Å². The predicted molar refractivity (Wildman–Crippen MR) is 97.9 cm³/mol. The maximum Gasteiger partial charge on any atom is 0.408 e. The minimum Gasteiger partial charge on any atom is -0.467 e. The van der Waals surface area contributed by atoms with Crippen molar-refractivity contribution in [3.8, 4) is 0 Å². The van der Waals surface area contributed by atoms with Crippen LogP contribution in [0.2, 0.25) is 0 Å². The standard InChI is InChI=1S/C19H21NO5S/c1-24-18(21)17(12-13-26(23)16-10-6-3-7-11-16)20-19(22)25-14-15-8-4-2-5-9-15/h2-11,17H,12-14H2,1H3,(H,20,22)/t17-,26?/m0/s1. The second-order valence-corrected chi connectivity index (χ2v) is 7.00. The molecule has 0 spiro atoms. The number of alkyl carbamates (subject to hydrolysis) is 1. The van der Waals surface area contributed by atoms with E-state index in [0.717, 1.165) is 5.56 Å². The highest BCUT2D eigenvalue weighted by molar-refractivity contribution is 7.85. The Balaban J connectivity index is 1.87. The Kier molecular flexibility index (Phi) is 7.82. The molecule has 7 heteroatoms. The van der Waals surface area contributed by atoms with Crippen molar-refractivity contribution in [1.29, 1.82) is 0 Å². The minimum absolute atomic E-state index is 0.0938. The molecule has 2 aromatic rings. The van der Waals surface area contributed by atoms with Gasteiger partial charge in [-0.3, -0.25) is 4.21 Å². The summed E-state index contributed by atoms with van der Waals surface area (Å²) in [7, 11) is -0.0341. The van der Waals surface area contributed by atoms with Crippen molar-refractivity contribution in [2.75, 3.05) is 12.9 Å². The van der Waals surface area contributed by atoms with E-state index in [1.807, 2.05) is 36.4 Å². The average molecular weight is 375 g/mol. The van der Waals surface area contributed by atoms with E-state index in [1.54, 1.807) is 24.3 Å². The van der Waals surface area contributed by atoms with Gasteiger partial charge >= 0.3 is 12.1 Å². The van der Waals surface area contributed by atoms with Crippen molar-refractivity contribution < 1.29 is 23.3 Å². The van der Waals surface area contributed by atoms with Crippen molar-refractivity contribution in [1.82, 2.24) is 5.32 Å². The summed E-state index contributed by atoms with van der Waals surface area (Å²) in [5.41, 5.74) is 0.836. The van der Waals surface area contributed by atoms with Gasteiger partial charge in [0.1, 0.15) is 12.6 Å². The lowest BCUT2D eigenvalue weighted by Crippen LogP contribution is -2.42. The van der Waals surface area contributed by atoms with Gasteiger partial charge in [0, 0.05) is 10.6 Å². The van der Waals surface area contributed by atoms with Gasteiger partial charge in [0.05, 0.1) is 17.9 Å². The summed E-state index contributed by atoms with van der Waals surface area (Å²) in [6.45, 7) is 0.0938. The summed E-state index contributed by atoms with van der Waals surface area (Å²) in [6, 6.07) is 17.2. The molecular weight excluding hydrogens is 354 g/mol. The van der Waals surface area contributed by atoms with Crippen molar-refractivity contribution in [2.45, 2.75) is 24.0 Å². The molecule has 1 amide bonds. The number of esters is 1. The largest absolute Gasteiger partial charge is 0.467 e. The van der Waals surface area contributed by atoms with Crippen LogP contribution in [0.5, 0.6) is 0 Å². The first-order valence-electron chi connectivity index (χ1n) is 8.08. The van der Waals surface area contributed by atoms with Gasteiger partial charge in [0.15, 0.2) is 0 Å². The molecular formula is C19H21NO5S. The molecule has 0 aromatic heterocycles. The predicted octanol–water partition coefficient (Wildman–Crippen LogP) is 2.65. The highest BCUT2D eigenvalue weighted by Crippen LogP contribution is 2.09. The molecule has 0 aliphatic heterocycles. The molecule has 0 bridgehead atoms. The molecule has 0 saturated carbocycles. The molecule has 0 saturated heterocycles. The fraction of sp³-hybridized carbons (Fsp3) is 0.263. The van der Waals surface area contributed by atoms with Crippen LogP contribution >= 0.6 is 0 Å². The zero-order valence-corrected chi connectivity index (χ0v) is 15.2. The van der Waals surface area contributed by atoms with E-state index >= 15 is 0 Å². The third-order valence-electron chi connectivity index (χ3n) is 3.59. The van der Waals surface area contributed by atoms with Crippen LogP contribution in [0, 0.1) is 0 Å². The summed E-state index contributed by atoms with van der Waals surface area (Å²) < 4.78 is 22.1. The van der Waals surface area contributed by atoms with Crippen LogP contribution in [0.4, 0.5) is 4.79 Å². The van der Waals surface area contributed by atoms with Gasteiger partial charge in [-0.2, -0.15) is 0 Å². The number of methoxy groups -OCH3 is 1. The monoisotopic (exact) mass is 375 g/mol. The van der Waals surface area contributed by atoms with Crippen molar-refractivity contribution in [2.24, 2.45) is 0 Å². The molecule has 26 heavy (non-hydrogen) atoms. The Morgan fingerprint density at radius 3 is 2.27 bits per heavy atom. The number of carbonyl (C=O) groups is 2. The summed E-state index contributed by atoms with van der Waals surface area (Å²) in [5, 5.41) is 2.47. The lowest BCUT2D eigenvalue weighted by Gasteiger charge is -2.16. The lowest BCUT2D eigenvalue weighted by atomic mass is 10.2. The Bertz CT molecular complexity index is 736. The second kappa shape index (κ2) is 10.4. The Morgan fingerprint density at radius 2 is 1.65 bits per heavy atom. The second-order valence-electron chi connectivity index (χ2n) is 5.43. The zero-order valence-electron chi connectivity index (χ0n) is 14.4. The van der Waals surface area contributed by atoms with Gasteiger partial charge in [-0.05, 0) is 24.1 Å². The van der Waals surface area contributed by atoms with Gasteiger partial charge < -0.3 is 14.8 Å². The van der Waals surface area contributed by atoms with E-state index < -0.39 is 28.9 Å². The Labute approximate surface area is 155 Å². The van der Waals surface area contributed by atoms with E-state index in [-0.39, 0.29) is 18.8 Å². The number of carbonyl (C=O) groups excluding carboxylic acids is 2. The van der Waals surface area contributed by atoms with Gasteiger partial charge in [0.25, 0.3) is 0 Å². The summed E-state index contributed by atoms with van der Waals surface area (Å²) in [4.78, 5) is 24.5. The molecule has 0 aliphatic carbocycles. The van der Waals surface area contributed by atoms with Gasteiger partial charge in [-0.15, -0.1) is 0 Å². The van der Waals surface area contributed by atoms with Gasteiger partial charge in [-0.25, -0.2) is 9.59 Å². The van der Waals surface area contributed by atoms with Crippen molar-refractivity contribution in [3.63, 3.8) is 0 Å². The van der Waals surface area contributed by atoms with E-state index in [0.29, 0.717) is 4.90 Å². The molecule has 1 N–H and O–H groups in total. The molecule has 6 nitrogen and oxygen atoms in total. The zero-order chi connectivity index (χ0) is 18.8. The minimum atomic E-state index is -1.27. The molecule has 138 valence electrons. The number of ether oxygens (including phenoxy) is 2. The first-order chi connectivity index (χ1) is 12.6. The highest BCUT2D eigenvalue weighted by atomic mass is 32.2. The highest BCUT2D eigenvalue weighted by Gasteiger charge is 2.23. The summed E-state index contributed by atoms with van der Waals surface area (Å²) in [6.07, 6.45) is -0.552. The Hall–Kier alpha value is -2.67. The van der Waals surface area contributed by atoms with Crippen LogP contribution in [0.3, 0.4) is 0 Å². The smallest absolute Gasteiger partial charge is 0.408 e. The Morgan fingerprint density at radius 1 is 1.04 bits per heavy atom. The van der Waals surface area contributed by atoms with E-state index in [2.05, 4.69) is 5.32 Å². The van der Waals surface area contributed by atoms with E-state index in [9.17, 15) is 13.8 Å². The number of rotatable bonds is 8. The molecule has 1 unspecified atom stereocenters. The van der Waals surface area contributed by atoms with Crippen LogP contribution in [0.1, 0.15) is 12.0 Å². The number of nitrogens with one attached hydrogen (secondary N) is 1. The fourth-order valence-electron chi connectivity index (χ4n) is 2.21. The van der Waals surface area contributed by atoms with Crippen LogP contribution < -0.4 is 5.32 Å². The van der Waals surface area contributed by atoms with E-state index in [1.165, 1.54) is 7.11 Å². The van der Waals surface area contributed by atoms with Gasteiger partial charge in [0.2, 0.25) is 0 Å². The molecule has 0 fully saturated rings. The molecule has 2 rings (SSSR count). The number of hydrogen-bond acceptors (Lipinski definition) is 5. The number of benzene rings is 2. The molecule has 0 aliphatic rings. The maximum absolute atomic E-state index is 12.3. The first kappa shape index (κ1) is 19.7. The summed E-state index contributed by atoms with van der Waals surface area (Å²) >= 11 is 0. The molecule has 0 radical (unpaired) electrons. The third kappa shape index (κ3) is 6.33. The first-order valence-corrected chi connectivity index (χ1v) is 9.40. The molecule has 2 atom stereocenters. The summed E-state index contributed by atoms with van der Waals surface area (Å²) in [5.74, 6) is -0.394. The van der Waals surface area contributed by atoms with Crippen LogP contribution in [0.25, 0.3) is 0 Å². The van der Waals surface area contributed by atoms with E-state index in [4.69, 9.17) is 9.47 Å². The average Bonchev–Trinajstić information content (AvgIpc) is 2.70. The lowest BCUT2D eigenvalue weighted by molar-refractivity contribution is -0.143. The maximum atomic E-state index is 12.3. The van der Waals surface area contributed by atoms with Gasteiger partial charge in [-0.1, -0.05) is 48.5 Å². The quantitative estimate of drug-likeness (QED) is 0.718. The number of amides is 1. The van der Waals surface area contributed by atoms with Crippen molar-refractivity contribution >= 4 is 22.9 Å². The molecule has 0 heterocycles. The van der Waals surface area contributed by atoms with Crippen LogP contribution in [-0.2, 0) is 31.7 Å². The topological polar surface area (TPSA) is 81.7 Å². The fourth-order valence-corrected chi connectivity index (χ4v) is 3.36.